The van der Waals surface area contributed by atoms with Crippen molar-refractivity contribution in [2.45, 2.75) is 38.4 Å². The first kappa shape index (κ1) is 12.0. The fraction of sp³-hybridized carbons (Fsp3) is 0.462. The highest BCUT2D eigenvalue weighted by Crippen LogP contribution is 2.22. The molecular weight excluding hydrogens is 219 g/mol. The Balaban J connectivity index is 1.98. The lowest BCUT2D eigenvalue weighted by molar-refractivity contribution is 0.0441. The lowest BCUT2D eigenvalue weighted by Gasteiger charge is -2.12. The molecule has 0 spiro atoms. The van der Waals surface area contributed by atoms with Gasteiger partial charge in [-0.05, 0) is 18.9 Å². The van der Waals surface area contributed by atoms with Gasteiger partial charge >= 0.3 is 0 Å². The Morgan fingerprint density at radius 2 is 2.12 bits per heavy atom. The van der Waals surface area contributed by atoms with Crippen molar-refractivity contribution in [1.29, 1.82) is 5.41 Å². The molecular formula is C13H17FN2O. The predicted octanol–water partition coefficient (Wildman–Crippen LogP) is 2.57. The summed E-state index contributed by atoms with van der Waals surface area (Å²) in [5.41, 5.74) is 6.23. The van der Waals surface area contributed by atoms with E-state index in [1.165, 1.54) is 18.9 Å². The summed E-state index contributed by atoms with van der Waals surface area (Å²) < 4.78 is 19.3. The highest BCUT2D eigenvalue weighted by Gasteiger charge is 2.16. The molecule has 0 aliphatic heterocycles. The number of hydrogen-bond acceptors (Lipinski definition) is 2. The standard InChI is InChI=1S/C13H17FN2O/c14-12-7-9(13(15)16)5-6-10(12)8-17-11-3-1-2-4-11/h5-7,11H,1-4,8H2,(H3,15,16). The quantitative estimate of drug-likeness (QED) is 0.623. The maximum atomic E-state index is 13.7. The van der Waals surface area contributed by atoms with E-state index in [4.69, 9.17) is 15.9 Å². The summed E-state index contributed by atoms with van der Waals surface area (Å²) >= 11 is 0. The number of nitrogens with two attached hydrogens (primary N) is 1. The SMILES string of the molecule is N=C(N)c1ccc(COC2CCCC2)c(F)c1. The van der Waals surface area contributed by atoms with Crippen LogP contribution in [0.5, 0.6) is 0 Å². The van der Waals surface area contributed by atoms with Crippen molar-refractivity contribution in [3.8, 4) is 0 Å². The Morgan fingerprint density at radius 1 is 1.41 bits per heavy atom. The normalized spacial score (nSPS) is 16.3. The van der Waals surface area contributed by atoms with Gasteiger partial charge in [-0.1, -0.05) is 25.0 Å². The third kappa shape index (κ3) is 3.03. The molecule has 0 saturated heterocycles. The largest absolute Gasteiger partial charge is 0.384 e. The van der Waals surface area contributed by atoms with Crippen LogP contribution in [-0.2, 0) is 11.3 Å². The van der Waals surface area contributed by atoms with Crippen molar-refractivity contribution in [2.24, 2.45) is 5.73 Å². The van der Waals surface area contributed by atoms with E-state index < -0.39 is 0 Å². The molecule has 1 saturated carbocycles. The van der Waals surface area contributed by atoms with Crippen LogP contribution in [0.3, 0.4) is 0 Å². The summed E-state index contributed by atoms with van der Waals surface area (Å²) in [4.78, 5) is 0. The molecule has 17 heavy (non-hydrogen) atoms. The summed E-state index contributed by atoms with van der Waals surface area (Å²) in [5.74, 6) is -0.470. The second kappa shape index (κ2) is 5.27. The molecule has 0 unspecified atom stereocenters. The van der Waals surface area contributed by atoms with Gasteiger partial charge in [-0.3, -0.25) is 5.41 Å². The van der Waals surface area contributed by atoms with Crippen LogP contribution in [0.4, 0.5) is 4.39 Å². The first-order chi connectivity index (χ1) is 8.16. The van der Waals surface area contributed by atoms with Gasteiger partial charge in [0.25, 0.3) is 0 Å². The van der Waals surface area contributed by atoms with Crippen LogP contribution in [-0.4, -0.2) is 11.9 Å². The van der Waals surface area contributed by atoms with Crippen LogP contribution >= 0.6 is 0 Å². The first-order valence-electron chi connectivity index (χ1n) is 5.91. The van der Waals surface area contributed by atoms with Crippen molar-refractivity contribution in [3.63, 3.8) is 0 Å². The zero-order valence-corrected chi connectivity index (χ0v) is 9.71. The van der Waals surface area contributed by atoms with Gasteiger partial charge in [0.1, 0.15) is 11.7 Å². The van der Waals surface area contributed by atoms with Gasteiger partial charge in [-0.2, -0.15) is 0 Å². The Bertz CT molecular complexity index is 414. The maximum Gasteiger partial charge on any atom is 0.129 e. The van der Waals surface area contributed by atoms with E-state index in [0.29, 0.717) is 17.7 Å². The van der Waals surface area contributed by atoms with E-state index in [1.54, 1.807) is 12.1 Å². The van der Waals surface area contributed by atoms with Crippen LogP contribution < -0.4 is 5.73 Å². The van der Waals surface area contributed by atoms with E-state index in [2.05, 4.69) is 0 Å². The van der Waals surface area contributed by atoms with Crippen molar-refractivity contribution in [1.82, 2.24) is 0 Å². The van der Waals surface area contributed by atoms with Gasteiger partial charge < -0.3 is 10.5 Å². The molecule has 3 N–H and O–H groups in total. The minimum absolute atomic E-state index is 0.118. The van der Waals surface area contributed by atoms with Crippen LogP contribution in [0.15, 0.2) is 18.2 Å². The first-order valence-corrected chi connectivity index (χ1v) is 5.91. The molecule has 3 nitrogen and oxygen atoms in total. The zero-order chi connectivity index (χ0) is 12.3. The summed E-state index contributed by atoms with van der Waals surface area (Å²) in [6, 6.07) is 4.58. The Hall–Kier alpha value is -1.42. The third-order valence-electron chi connectivity index (χ3n) is 3.14. The summed E-state index contributed by atoms with van der Waals surface area (Å²) in [5, 5.41) is 7.22. The molecule has 0 amide bonds. The number of benzene rings is 1. The van der Waals surface area contributed by atoms with Gasteiger partial charge in [-0.25, -0.2) is 4.39 Å². The summed E-state index contributed by atoms with van der Waals surface area (Å²) in [7, 11) is 0. The second-order valence-corrected chi connectivity index (χ2v) is 4.44. The Kier molecular flexibility index (Phi) is 3.74. The van der Waals surface area contributed by atoms with E-state index in [1.807, 2.05) is 0 Å². The molecule has 4 heteroatoms. The minimum atomic E-state index is -0.351. The predicted molar refractivity (Wildman–Crippen MR) is 64.5 cm³/mol. The number of ether oxygens (including phenoxy) is 1. The van der Waals surface area contributed by atoms with Crippen molar-refractivity contribution in [3.05, 3.63) is 35.1 Å². The average molecular weight is 236 g/mol. The van der Waals surface area contributed by atoms with Crippen molar-refractivity contribution >= 4 is 5.84 Å². The van der Waals surface area contributed by atoms with Crippen LogP contribution in [0.1, 0.15) is 36.8 Å². The monoisotopic (exact) mass is 236 g/mol. The number of nitrogens with one attached hydrogen (secondary N) is 1. The molecule has 2 rings (SSSR count). The van der Waals surface area contributed by atoms with E-state index in [0.717, 1.165) is 12.8 Å². The molecule has 92 valence electrons. The van der Waals surface area contributed by atoms with Crippen LogP contribution in [0.2, 0.25) is 0 Å². The Morgan fingerprint density at radius 3 is 2.71 bits per heavy atom. The van der Waals surface area contributed by atoms with Gasteiger partial charge in [0.2, 0.25) is 0 Å². The lowest BCUT2D eigenvalue weighted by atomic mass is 10.1. The average Bonchev–Trinajstić information content (AvgIpc) is 2.80. The molecule has 1 aliphatic carbocycles. The molecule has 1 fully saturated rings. The van der Waals surface area contributed by atoms with Crippen LogP contribution in [0.25, 0.3) is 0 Å². The van der Waals surface area contributed by atoms with E-state index in [-0.39, 0.29) is 17.8 Å². The maximum absolute atomic E-state index is 13.7. The minimum Gasteiger partial charge on any atom is -0.384 e. The van der Waals surface area contributed by atoms with Gasteiger partial charge in [0.05, 0.1) is 12.7 Å². The molecule has 0 atom stereocenters. The lowest BCUT2D eigenvalue weighted by Crippen LogP contribution is -2.12. The third-order valence-corrected chi connectivity index (χ3v) is 3.14. The van der Waals surface area contributed by atoms with Gasteiger partial charge in [0.15, 0.2) is 0 Å². The topological polar surface area (TPSA) is 59.1 Å². The van der Waals surface area contributed by atoms with Crippen LogP contribution in [0, 0.1) is 11.2 Å². The van der Waals surface area contributed by atoms with Gasteiger partial charge in [-0.15, -0.1) is 0 Å². The Labute approximate surface area is 100 Å². The molecule has 0 radical (unpaired) electrons. The molecule has 0 aromatic heterocycles. The molecule has 0 bridgehead atoms. The highest BCUT2D eigenvalue weighted by atomic mass is 19.1. The number of nitrogen functional groups attached to an aromatic ring is 1. The van der Waals surface area contributed by atoms with Crippen molar-refractivity contribution < 1.29 is 9.13 Å². The van der Waals surface area contributed by atoms with E-state index >= 15 is 0 Å². The summed E-state index contributed by atoms with van der Waals surface area (Å²) in [6.45, 7) is 0.300. The summed E-state index contributed by atoms with van der Waals surface area (Å²) in [6.07, 6.45) is 4.84. The molecule has 1 aromatic rings. The van der Waals surface area contributed by atoms with Gasteiger partial charge in [0, 0.05) is 11.1 Å². The number of hydrogen-bond donors (Lipinski definition) is 2. The van der Waals surface area contributed by atoms with Crippen molar-refractivity contribution in [2.75, 3.05) is 0 Å². The highest BCUT2D eigenvalue weighted by molar-refractivity contribution is 5.94. The number of halogens is 1. The second-order valence-electron chi connectivity index (χ2n) is 4.44. The molecule has 1 aromatic carbocycles. The smallest absolute Gasteiger partial charge is 0.129 e. The fourth-order valence-electron chi connectivity index (χ4n) is 2.09. The fourth-order valence-corrected chi connectivity index (χ4v) is 2.09. The molecule has 0 heterocycles. The zero-order valence-electron chi connectivity index (χ0n) is 9.71. The molecule has 1 aliphatic rings. The van der Waals surface area contributed by atoms with E-state index in [9.17, 15) is 4.39 Å². The number of amidine groups is 1. The number of rotatable bonds is 4.